The van der Waals surface area contributed by atoms with Crippen molar-refractivity contribution in [2.75, 3.05) is 32.8 Å². The standard InChI is InChI=1S/C16H32N4O.HI/c1-13(2)11-20-8-9-21-15(12-20)10-18-16(17)19-14-6-4-3-5-7-14;/h13-15H,3-12H2,1-2H3,(H3,17,18,19);1H. The van der Waals surface area contributed by atoms with Crippen molar-refractivity contribution in [3.05, 3.63) is 0 Å². The maximum atomic E-state index is 6.01. The van der Waals surface area contributed by atoms with Crippen molar-refractivity contribution in [3.8, 4) is 0 Å². The molecular weight excluding hydrogens is 391 g/mol. The number of nitrogens with zero attached hydrogens (tertiary/aromatic N) is 2. The number of halogens is 1. The highest BCUT2D eigenvalue weighted by molar-refractivity contribution is 14.0. The van der Waals surface area contributed by atoms with Crippen LogP contribution in [0.4, 0.5) is 0 Å². The van der Waals surface area contributed by atoms with E-state index in [2.05, 4.69) is 29.1 Å². The molecule has 22 heavy (non-hydrogen) atoms. The third-order valence-electron chi connectivity index (χ3n) is 4.27. The van der Waals surface area contributed by atoms with Crippen LogP contribution in [-0.2, 0) is 4.74 Å². The molecule has 0 aromatic carbocycles. The molecule has 1 atom stereocenters. The van der Waals surface area contributed by atoms with Crippen molar-refractivity contribution < 1.29 is 4.74 Å². The van der Waals surface area contributed by atoms with Crippen molar-refractivity contribution >= 4 is 29.9 Å². The van der Waals surface area contributed by atoms with Gasteiger partial charge < -0.3 is 15.8 Å². The molecule has 1 saturated carbocycles. The lowest BCUT2D eigenvalue weighted by Gasteiger charge is -2.33. The largest absolute Gasteiger partial charge is 0.374 e. The molecule has 1 aliphatic carbocycles. The fourth-order valence-corrected chi connectivity index (χ4v) is 3.27. The lowest BCUT2D eigenvalue weighted by molar-refractivity contribution is -0.0261. The summed E-state index contributed by atoms with van der Waals surface area (Å²) in [4.78, 5) is 6.96. The predicted octanol–water partition coefficient (Wildman–Crippen LogP) is 2.20. The van der Waals surface area contributed by atoms with Crippen molar-refractivity contribution in [1.29, 1.82) is 0 Å². The highest BCUT2D eigenvalue weighted by Gasteiger charge is 2.21. The summed E-state index contributed by atoms with van der Waals surface area (Å²) in [6.07, 6.45) is 6.60. The molecule has 1 unspecified atom stereocenters. The van der Waals surface area contributed by atoms with Crippen LogP contribution >= 0.6 is 24.0 Å². The van der Waals surface area contributed by atoms with Crippen LogP contribution in [0.15, 0.2) is 4.99 Å². The predicted molar refractivity (Wildman–Crippen MR) is 103 cm³/mol. The Bertz CT molecular complexity index is 332. The highest BCUT2D eigenvalue weighted by atomic mass is 127. The number of hydrogen-bond acceptors (Lipinski definition) is 3. The molecule has 6 heteroatoms. The van der Waals surface area contributed by atoms with Crippen LogP contribution in [0.5, 0.6) is 0 Å². The van der Waals surface area contributed by atoms with Gasteiger partial charge in [0, 0.05) is 25.7 Å². The maximum Gasteiger partial charge on any atom is 0.188 e. The SMILES string of the molecule is CC(C)CN1CCOC(CN=C(N)NC2CCCCC2)C1.I. The van der Waals surface area contributed by atoms with E-state index in [-0.39, 0.29) is 30.1 Å². The first-order chi connectivity index (χ1) is 10.1. The van der Waals surface area contributed by atoms with Crippen LogP contribution in [0.25, 0.3) is 0 Å². The van der Waals surface area contributed by atoms with Gasteiger partial charge in [0.1, 0.15) is 0 Å². The Morgan fingerprint density at radius 1 is 1.32 bits per heavy atom. The molecule has 1 saturated heterocycles. The number of morpholine rings is 1. The molecule has 0 aromatic rings. The van der Waals surface area contributed by atoms with Crippen molar-refractivity contribution in [3.63, 3.8) is 0 Å². The zero-order valence-corrected chi connectivity index (χ0v) is 16.4. The number of hydrogen-bond donors (Lipinski definition) is 2. The van der Waals surface area contributed by atoms with Gasteiger partial charge in [-0.1, -0.05) is 33.1 Å². The fourth-order valence-electron chi connectivity index (χ4n) is 3.27. The van der Waals surface area contributed by atoms with Gasteiger partial charge in [-0.2, -0.15) is 0 Å². The van der Waals surface area contributed by atoms with E-state index in [1.807, 2.05) is 0 Å². The lowest BCUT2D eigenvalue weighted by atomic mass is 9.96. The lowest BCUT2D eigenvalue weighted by Crippen LogP contribution is -2.46. The van der Waals surface area contributed by atoms with Gasteiger partial charge in [-0.15, -0.1) is 24.0 Å². The van der Waals surface area contributed by atoms with Crippen molar-refractivity contribution in [2.45, 2.75) is 58.1 Å². The molecule has 130 valence electrons. The third-order valence-corrected chi connectivity index (χ3v) is 4.27. The second-order valence-corrected chi connectivity index (χ2v) is 6.85. The number of nitrogens with two attached hydrogens (primary N) is 1. The number of aliphatic imine (C=N–C) groups is 1. The van der Waals surface area contributed by atoms with Crippen molar-refractivity contribution in [1.82, 2.24) is 10.2 Å². The van der Waals surface area contributed by atoms with E-state index in [9.17, 15) is 0 Å². The average Bonchev–Trinajstić information content (AvgIpc) is 2.46. The van der Waals surface area contributed by atoms with E-state index in [0.717, 1.165) is 26.2 Å². The minimum Gasteiger partial charge on any atom is -0.374 e. The zero-order chi connectivity index (χ0) is 15.1. The summed E-state index contributed by atoms with van der Waals surface area (Å²) >= 11 is 0. The smallest absolute Gasteiger partial charge is 0.188 e. The average molecular weight is 424 g/mol. The van der Waals surface area contributed by atoms with E-state index in [1.165, 1.54) is 32.1 Å². The highest BCUT2D eigenvalue weighted by Crippen LogP contribution is 2.17. The van der Waals surface area contributed by atoms with Crippen LogP contribution in [-0.4, -0.2) is 55.8 Å². The summed E-state index contributed by atoms with van der Waals surface area (Å²) in [6, 6.07) is 0.521. The Morgan fingerprint density at radius 2 is 2.05 bits per heavy atom. The molecule has 2 fully saturated rings. The van der Waals surface area contributed by atoms with E-state index >= 15 is 0 Å². The van der Waals surface area contributed by atoms with Gasteiger partial charge in [0.15, 0.2) is 5.96 Å². The molecule has 1 heterocycles. The van der Waals surface area contributed by atoms with Crippen LogP contribution in [0.1, 0.15) is 46.0 Å². The van der Waals surface area contributed by atoms with Gasteiger partial charge in [-0.25, -0.2) is 0 Å². The Hall–Kier alpha value is -0.0800. The second-order valence-electron chi connectivity index (χ2n) is 6.85. The first-order valence-corrected chi connectivity index (χ1v) is 8.54. The second kappa shape index (κ2) is 10.6. The molecule has 0 amide bonds. The van der Waals surface area contributed by atoms with Gasteiger partial charge in [0.05, 0.1) is 19.3 Å². The van der Waals surface area contributed by atoms with Crippen LogP contribution in [0, 0.1) is 5.92 Å². The first kappa shape index (κ1) is 20.0. The van der Waals surface area contributed by atoms with Crippen LogP contribution in [0.3, 0.4) is 0 Å². The van der Waals surface area contributed by atoms with E-state index in [0.29, 0.717) is 24.5 Å². The summed E-state index contributed by atoms with van der Waals surface area (Å²) < 4.78 is 5.80. The van der Waals surface area contributed by atoms with Crippen LogP contribution in [0.2, 0.25) is 0 Å². The maximum absolute atomic E-state index is 6.01. The fraction of sp³-hybridized carbons (Fsp3) is 0.938. The third kappa shape index (κ3) is 7.46. The molecule has 2 aliphatic rings. The van der Waals surface area contributed by atoms with Gasteiger partial charge in [-0.05, 0) is 18.8 Å². The number of rotatable bonds is 5. The topological polar surface area (TPSA) is 62.9 Å². The molecule has 2 rings (SSSR count). The van der Waals surface area contributed by atoms with Gasteiger partial charge in [0.2, 0.25) is 0 Å². The molecule has 0 aromatic heterocycles. The molecule has 0 spiro atoms. The minimum absolute atomic E-state index is 0. The normalized spacial score (nSPS) is 25.0. The summed E-state index contributed by atoms with van der Waals surface area (Å²) in [7, 11) is 0. The van der Waals surface area contributed by atoms with E-state index < -0.39 is 0 Å². The Labute approximate surface area is 152 Å². The van der Waals surface area contributed by atoms with Crippen molar-refractivity contribution in [2.24, 2.45) is 16.6 Å². The Morgan fingerprint density at radius 3 is 2.73 bits per heavy atom. The minimum atomic E-state index is 0. The Balaban J connectivity index is 0.00000242. The van der Waals surface area contributed by atoms with Gasteiger partial charge >= 0.3 is 0 Å². The molecule has 0 bridgehead atoms. The summed E-state index contributed by atoms with van der Waals surface area (Å²) in [5.41, 5.74) is 6.01. The number of ether oxygens (including phenoxy) is 1. The molecule has 0 radical (unpaired) electrons. The monoisotopic (exact) mass is 424 g/mol. The van der Waals surface area contributed by atoms with Gasteiger partial charge in [-0.3, -0.25) is 9.89 Å². The van der Waals surface area contributed by atoms with E-state index in [4.69, 9.17) is 10.5 Å². The number of guanidine groups is 1. The molecule has 5 nitrogen and oxygen atoms in total. The summed E-state index contributed by atoms with van der Waals surface area (Å²) in [5, 5.41) is 3.36. The quantitative estimate of drug-likeness (QED) is 0.404. The molecule has 1 aliphatic heterocycles. The number of nitrogens with one attached hydrogen (secondary N) is 1. The van der Waals surface area contributed by atoms with Gasteiger partial charge in [0.25, 0.3) is 0 Å². The summed E-state index contributed by atoms with van der Waals surface area (Å²) in [5.74, 6) is 1.29. The van der Waals surface area contributed by atoms with Crippen LogP contribution < -0.4 is 11.1 Å². The Kier molecular flexibility index (Phi) is 9.66. The molecular formula is C16H33IN4O. The first-order valence-electron chi connectivity index (χ1n) is 8.54. The zero-order valence-electron chi connectivity index (χ0n) is 14.1. The summed E-state index contributed by atoms with van der Waals surface area (Å²) in [6.45, 7) is 9.14. The molecule has 3 N–H and O–H groups in total. The van der Waals surface area contributed by atoms with E-state index in [1.54, 1.807) is 0 Å².